The highest BCUT2D eigenvalue weighted by Crippen LogP contribution is 2.27. The molecular weight excluding hydrogens is 278 g/mol. The molecule has 2 fully saturated rings. The van der Waals surface area contributed by atoms with Crippen molar-refractivity contribution in [2.24, 2.45) is 17.6 Å². The summed E-state index contributed by atoms with van der Waals surface area (Å²) in [5.41, 5.74) is 5.68. The first kappa shape index (κ1) is 17.3. The molecule has 0 radical (unpaired) electrons. The largest absolute Gasteiger partial charge is 0.356 e. The summed E-state index contributed by atoms with van der Waals surface area (Å²) in [6.07, 6.45) is 8.87. The molecule has 0 aromatic rings. The molecule has 126 valence electrons. The fourth-order valence-electron chi connectivity index (χ4n) is 3.57. The molecule has 4 N–H and O–H groups in total. The van der Waals surface area contributed by atoms with Crippen LogP contribution in [-0.4, -0.2) is 30.4 Å². The highest BCUT2D eigenvalue weighted by atomic mass is 16.2. The second kappa shape index (κ2) is 8.51. The topological polar surface area (TPSA) is 84.2 Å². The van der Waals surface area contributed by atoms with Gasteiger partial charge in [-0.25, -0.2) is 0 Å². The number of carbonyl (C=O) groups excluding carboxylic acids is 2. The van der Waals surface area contributed by atoms with Crippen LogP contribution in [-0.2, 0) is 9.59 Å². The number of nitrogens with one attached hydrogen (secondary N) is 2. The van der Waals surface area contributed by atoms with E-state index in [9.17, 15) is 9.59 Å². The molecule has 1 atom stereocenters. The molecular formula is C17H31N3O2. The summed E-state index contributed by atoms with van der Waals surface area (Å²) in [5.74, 6) is 0.732. The van der Waals surface area contributed by atoms with E-state index in [1.54, 1.807) is 0 Å². The zero-order chi connectivity index (χ0) is 15.9. The fraction of sp³-hybridized carbons (Fsp3) is 0.882. The van der Waals surface area contributed by atoms with E-state index in [2.05, 4.69) is 10.6 Å². The van der Waals surface area contributed by atoms with Crippen molar-refractivity contribution >= 4 is 11.8 Å². The Bertz CT molecular complexity index is 370. The SMILES string of the molecule is CC(N)CCNC(=O)C1CCC(NC(=O)C2CCCC2)CC1. The zero-order valence-corrected chi connectivity index (χ0v) is 13.8. The molecule has 5 heteroatoms. The Morgan fingerprint density at radius 3 is 2.18 bits per heavy atom. The van der Waals surface area contributed by atoms with Gasteiger partial charge in [0.05, 0.1) is 0 Å². The van der Waals surface area contributed by atoms with E-state index in [0.29, 0.717) is 6.54 Å². The molecule has 0 saturated heterocycles. The van der Waals surface area contributed by atoms with E-state index in [4.69, 9.17) is 5.73 Å². The van der Waals surface area contributed by atoms with Crippen LogP contribution in [0.4, 0.5) is 0 Å². The van der Waals surface area contributed by atoms with Gasteiger partial charge in [0.2, 0.25) is 11.8 Å². The van der Waals surface area contributed by atoms with Crippen molar-refractivity contribution in [1.29, 1.82) is 0 Å². The average molecular weight is 309 g/mol. The van der Waals surface area contributed by atoms with E-state index >= 15 is 0 Å². The molecule has 22 heavy (non-hydrogen) atoms. The second-order valence-electron chi connectivity index (χ2n) is 7.10. The Balaban J connectivity index is 1.64. The lowest BCUT2D eigenvalue weighted by Crippen LogP contribution is -2.43. The van der Waals surface area contributed by atoms with Crippen LogP contribution >= 0.6 is 0 Å². The summed E-state index contributed by atoms with van der Waals surface area (Å²) < 4.78 is 0. The standard InChI is InChI=1S/C17H31N3O2/c1-12(18)10-11-19-16(21)14-6-8-15(9-7-14)20-17(22)13-4-2-3-5-13/h12-15H,2-11,18H2,1H3,(H,19,21)(H,20,22). The van der Waals surface area contributed by atoms with E-state index in [1.165, 1.54) is 12.8 Å². The first-order valence-corrected chi connectivity index (χ1v) is 8.90. The normalized spacial score (nSPS) is 27.4. The molecule has 0 aromatic heterocycles. The zero-order valence-electron chi connectivity index (χ0n) is 13.8. The van der Waals surface area contributed by atoms with E-state index in [-0.39, 0.29) is 35.7 Å². The number of hydrogen-bond donors (Lipinski definition) is 3. The Morgan fingerprint density at radius 1 is 1.00 bits per heavy atom. The monoisotopic (exact) mass is 309 g/mol. The van der Waals surface area contributed by atoms with Gasteiger partial charge in [-0.15, -0.1) is 0 Å². The molecule has 2 rings (SSSR count). The maximum atomic E-state index is 12.1. The number of rotatable bonds is 6. The summed E-state index contributed by atoms with van der Waals surface area (Å²) in [6, 6.07) is 0.392. The van der Waals surface area contributed by atoms with Gasteiger partial charge in [0.25, 0.3) is 0 Å². The molecule has 1 unspecified atom stereocenters. The summed E-state index contributed by atoms with van der Waals surface area (Å²) in [7, 11) is 0. The van der Waals surface area contributed by atoms with Gasteiger partial charge in [0, 0.05) is 30.5 Å². The number of carbonyl (C=O) groups is 2. The number of nitrogens with two attached hydrogens (primary N) is 1. The lowest BCUT2D eigenvalue weighted by molar-refractivity contribution is -0.126. The molecule has 2 amide bonds. The molecule has 2 aliphatic rings. The molecule has 0 heterocycles. The molecule has 0 aromatic carbocycles. The average Bonchev–Trinajstić information content (AvgIpc) is 3.02. The minimum Gasteiger partial charge on any atom is -0.356 e. The Labute approximate surface area is 133 Å². The van der Waals surface area contributed by atoms with Crippen molar-refractivity contribution in [3.05, 3.63) is 0 Å². The van der Waals surface area contributed by atoms with Gasteiger partial charge in [0.1, 0.15) is 0 Å². The van der Waals surface area contributed by atoms with Crippen molar-refractivity contribution in [2.75, 3.05) is 6.54 Å². The van der Waals surface area contributed by atoms with Gasteiger partial charge >= 0.3 is 0 Å². The van der Waals surface area contributed by atoms with Crippen LogP contribution in [0.15, 0.2) is 0 Å². The van der Waals surface area contributed by atoms with E-state index in [0.717, 1.165) is 44.9 Å². The lowest BCUT2D eigenvalue weighted by atomic mass is 9.85. The van der Waals surface area contributed by atoms with Crippen LogP contribution in [0.3, 0.4) is 0 Å². The second-order valence-corrected chi connectivity index (χ2v) is 7.10. The van der Waals surface area contributed by atoms with Crippen LogP contribution in [0.5, 0.6) is 0 Å². The summed E-state index contributed by atoms with van der Waals surface area (Å²) >= 11 is 0. The Morgan fingerprint density at radius 2 is 1.59 bits per heavy atom. The maximum absolute atomic E-state index is 12.1. The third-order valence-corrected chi connectivity index (χ3v) is 5.07. The highest BCUT2D eigenvalue weighted by Gasteiger charge is 2.29. The predicted molar refractivity (Wildman–Crippen MR) is 87.1 cm³/mol. The molecule has 2 aliphatic carbocycles. The highest BCUT2D eigenvalue weighted by molar-refractivity contribution is 5.80. The fourth-order valence-corrected chi connectivity index (χ4v) is 3.57. The first-order chi connectivity index (χ1) is 10.6. The molecule has 0 bridgehead atoms. The molecule has 2 saturated carbocycles. The van der Waals surface area contributed by atoms with Gasteiger partial charge < -0.3 is 16.4 Å². The summed E-state index contributed by atoms with van der Waals surface area (Å²) in [4.78, 5) is 24.2. The molecule has 0 spiro atoms. The van der Waals surface area contributed by atoms with Crippen LogP contribution in [0, 0.1) is 11.8 Å². The van der Waals surface area contributed by atoms with Crippen LogP contribution in [0.1, 0.15) is 64.7 Å². The van der Waals surface area contributed by atoms with Gasteiger partial charge in [-0.3, -0.25) is 9.59 Å². The minimum atomic E-state index is 0.104. The van der Waals surface area contributed by atoms with E-state index < -0.39 is 0 Å². The lowest BCUT2D eigenvalue weighted by Gasteiger charge is -2.29. The molecule has 5 nitrogen and oxygen atoms in total. The predicted octanol–water partition coefficient (Wildman–Crippen LogP) is 1.71. The van der Waals surface area contributed by atoms with Crippen molar-refractivity contribution < 1.29 is 9.59 Å². The van der Waals surface area contributed by atoms with Crippen LogP contribution < -0.4 is 16.4 Å². The molecule has 0 aliphatic heterocycles. The van der Waals surface area contributed by atoms with Crippen molar-refractivity contribution in [3.8, 4) is 0 Å². The minimum absolute atomic E-state index is 0.104. The van der Waals surface area contributed by atoms with Gasteiger partial charge in [0.15, 0.2) is 0 Å². The van der Waals surface area contributed by atoms with Gasteiger partial charge in [-0.05, 0) is 51.9 Å². The smallest absolute Gasteiger partial charge is 0.223 e. The van der Waals surface area contributed by atoms with E-state index in [1.807, 2.05) is 6.92 Å². The Hall–Kier alpha value is -1.10. The summed E-state index contributed by atoms with van der Waals surface area (Å²) in [5, 5.41) is 6.17. The third kappa shape index (κ3) is 5.27. The quantitative estimate of drug-likeness (QED) is 0.698. The van der Waals surface area contributed by atoms with Crippen molar-refractivity contribution in [3.63, 3.8) is 0 Å². The third-order valence-electron chi connectivity index (χ3n) is 5.07. The first-order valence-electron chi connectivity index (χ1n) is 8.90. The van der Waals surface area contributed by atoms with Gasteiger partial charge in [-0.1, -0.05) is 12.8 Å². The van der Waals surface area contributed by atoms with Crippen molar-refractivity contribution in [1.82, 2.24) is 10.6 Å². The van der Waals surface area contributed by atoms with Gasteiger partial charge in [-0.2, -0.15) is 0 Å². The number of hydrogen-bond acceptors (Lipinski definition) is 3. The summed E-state index contributed by atoms with van der Waals surface area (Å²) in [6.45, 7) is 2.61. The van der Waals surface area contributed by atoms with Crippen LogP contribution in [0.2, 0.25) is 0 Å². The van der Waals surface area contributed by atoms with Crippen LogP contribution in [0.25, 0.3) is 0 Å². The van der Waals surface area contributed by atoms with Crippen molar-refractivity contribution in [2.45, 2.75) is 76.8 Å². The Kier molecular flexibility index (Phi) is 6.68. The maximum Gasteiger partial charge on any atom is 0.223 e. The number of amides is 2.